The number of sulfone groups is 1. The van der Waals surface area contributed by atoms with Gasteiger partial charge in [-0.05, 0) is 30.0 Å². The third kappa shape index (κ3) is 4.96. The van der Waals surface area contributed by atoms with Crippen LogP contribution in [-0.2, 0) is 9.84 Å². The lowest BCUT2D eigenvalue weighted by Crippen LogP contribution is -2.44. The highest BCUT2D eigenvalue weighted by atomic mass is 32.2. The third-order valence-electron chi connectivity index (χ3n) is 3.92. The van der Waals surface area contributed by atoms with Crippen molar-refractivity contribution in [2.75, 3.05) is 29.9 Å². The predicted molar refractivity (Wildman–Crippen MR) is 93.6 cm³/mol. The van der Waals surface area contributed by atoms with E-state index in [9.17, 15) is 13.2 Å². The topological polar surface area (TPSA) is 75.3 Å². The van der Waals surface area contributed by atoms with Crippen molar-refractivity contribution < 1.29 is 13.2 Å². The molecule has 1 fully saturated rings. The SMILES string of the molecule is Cc1c(NCC(C)(C)C)cccc1C(=O)NCC1CS(=O)(=O)C1. The zero-order chi connectivity index (χ0) is 17.3. The standard InChI is InChI=1S/C17H26N2O3S/c1-12-14(6-5-7-15(12)19-11-17(2,3)4)16(20)18-8-13-9-23(21,22)10-13/h5-7,13,19H,8-11H2,1-4H3,(H,18,20). The summed E-state index contributed by atoms with van der Waals surface area (Å²) in [5, 5.41) is 6.23. The molecular weight excluding hydrogens is 312 g/mol. The summed E-state index contributed by atoms with van der Waals surface area (Å²) in [5.41, 5.74) is 2.65. The van der Waals surface area contributed by atoms with Gasteiger partial charge in [-0.1, -0.05) is 26.8 Å². The maximum Gasteiger partial charge on any atom is 0.251 e. The molecule has 0 atom stereocenters. The smallest absolute Gasteiger partial charge is 0.251 e. The molecule has 0 spiro atoms. The summed E-state index contributed by atoms with van der Waals surface area (Å²) < 4.78 is 22.3. The van der Waals surface area contributed by atoms with E-state index in [0.717, 1.165) is 17.8 Å². The van der Waals surface area contributed by atoms with Gasteiger partial charge in [-0.25, -0.2) is 8.42 Å². The van der Waals surface area contributed by atoms with E-state index >= 15 is 0 Å². The largest absolute Gasteiger partial charge is 0.384 e. The summed E-state index contributed by atoms with van der Waals surface area (Å²) in [5.74, 6) is 0.261. The van der Waals surface area contributed by atoms with E-state index in [1.54, 1.807) is 6.07 Å². The maximum atomic E-state index is 12.3. The van der Waals surface area contributed by atoms with Crippen molar-refractivity contribution in [1.29, 1.82) is 0 Å². The van der Waals surface area contributed by atoms with Gasteiger partial charge in [0.05, 0.1) is 11.5 Å². The zero-order valence-corrected chi connectivity index (χ0v) is 15.1. The van der Waals surface area contributed by atoms with E-state index in [-0.39, 0.29) is 28.7 Å². The van der Waals surface area contributed by atoms with E-state index in [0.29, 0.717) is 12.1 Å². The minimum Gasteiger partial charge on any atom is -0.384 e. The highest BCUT2D eigenvalue weighted by molar-refractivity contribution is 7.92. The van der Waals surface area contributed by atoms with Gasteiger partial charge in [0, 0.05) is 30.3 Å². The Hall–Kier alpha value is -1.56. The van der Waals surface area contributed by atoms with Gasteiger partial charge in [-0.2, -0.15) is 0 Å². The Morgan fingerprint density at radius 1 is 1.26 bits per heavy atom. The van der Waals surface area contributed by atoms with Crippen molar-refractivity contribution in [1.82, 2.24) is 5.32 Å². The summed E-state index contributed by atoms with van der Waals surface area (Å²) in [6, 6.07) is 5.63. The van der Waals surface area contributed by atoms with Crippen LogP contribution in [0.2, 0.25) is 0 Å². The molecule has 5 nitrogen and oxygen atoms in total. The van der Waals surface area contributed by atoms with E-state index in [4.69, 9.17) is 0 Å². The monoisotopic (exact) mass is 338 g/mol. The predicted octanol–water partition coefficient (Wildman–Crippen LogP) is 2.23. The molecule has 2 rings (SSSR count). The van der Waals surface area contributed by atoms with Crippen LogP contribution in [0.25, 0.3) is 0 Å². The average Bonchev–Trinajstić information content (AvgIpc) is 2.40. The van der Waals surface area contributed by atoms with Crippen LogP contribution in [0.3, 0.4) is 0 Å². The molecule has 1 aromatic rings. The summed E-state index contributed by atoms with van der Waals surface area (Å²) in [6.07, 6.45) is 0. The molecule has 0 aromatic heterocycles. The number of rotatable bonds is 5. The normalized spacial score (nSPS) is 17.4. The van der Waals surface area contributed by atoms with Crippen LogP contribution in [0, 0.1) is 18.3 Å². The number of carbonyl (C=O) groups is 1. The first-order chi connectivity index (χ1) is 10.6. The first-order valence-corrected chi connectivity index (χ1v) is 9.72. The molecule has 128 valence electrons. The van der Waals surface area contributed by atoms with Crippen molar-refractivity contribution in [2.45, 2.75) is 27.7 Å². The van der Waals surface area contributed by atoms with Crippen molar-refractivity contribution in [2.24, 2.45) is 11.3 Å². The molecule has 1 aliphatic rings. The molecule has 1 saturated heterocycles. The Balaban J connectivity index is 1.97. The molecule has 0 bridgehead atoms. The van der Waals surface area contributed by atoms with Gasteiger partial charge in [-0.3, -0.25) is 4.79 Å². The fourth-order valence-corrected chi connectivity index (χ4v) is 4.13. The van der Waals surface area contributed by atoms with Crippen LogP contribution in [0.1, 0.15) is 36.7 Å². The number of nitrogens with one attached hydrogen (secondary N) is 2. The Morgan fingerprint density at radius 2 is 1.91 bits per heavy atom. The van der Waals surface area contributed by atoms with Crippen LogP contribution >= 0.6 is 0 Å². The quantitative estimate of drug-likeness (QED) is 0.863. The number of benzene rings is 1. The second-order valence-electron chi connectivity index (χ2n) is 7.55. The summed E-state index contributed by atoms with van der Waals surface area (Å²) in [7, 11) is -2.84. The van der Waals surface area contributed by atoms with Crippen LogP contribution in [0.5, 0.6) is 0 Å². The lowest BCUT2D eigenvalue weighted by atomic mass is 9.96. The van der Waals surface area contributed by atoms with Gasteiger partial charge in [0.15, 0.2) is 9.84 Å². The highest BCUT2D eigenvalue weighted by Crippen LogP contribution is 2.22. The van der Waals surface area contributed by atoms with E-state index < -0.39 is 9.84 Å². The number of anilines is 1. The average molecular weight is 338 g/mol. The minimum atomic E-state index is -2.84. The molecule has 1 aliphatic heterocycles. The number of carbonyl (C=O) groups excluding carboxylic acids is 1. The molecule has 0 saturated carbocycles. The Morgan fingerprint density at radius 3 is 2.48 bits per heavy atom. The Bertz CT molecular complexity index is 678. The fraction of sp³-hybridized carbons (Fsp3) is 0.588. The molecule has 23 heavy (non-hydrogen) atoms. The first kappa shape index (κ1) is 17.8. The molecule has 1 heterocycles. The van der Waals surface area contributed by atoms with E-state index in [2.05, 4.69) is 31.4 Å². The van der Waals surface area contributed by atoms with Crippen molar-refractivity contribution in [3.05, 3.63) is 29.3 Å². The van der Waals surface area contributed by atoms with Crippen LogP contribution in [0.4, 0.5) is 5.69 Å². The molecule has 0 aliphatic carbocycles. The molecule has 0 radical (unpaired) electrons. The van der Waals surface area contributed by atoms with Crippen LogP contribution in [-0.4, -0.2) is 38.9 Å². The molecule has 1 aromatic carbocycles. The summed E-state index contributed by atoms with van der Waals surface area (Å²) in [6.45, 7) is 9.61. The Kier molecular flexibility index (Phi) is 5.04. The Labute approximate surface area is 138 Å². The number of hydrogen-bond donors (Lipinski definition) is 2. The zero-order valence-electron chi connectivity index (χ0n) is 14.3. The fourth-order valence-electron chi connectivity index (χ4n) is 2.55. The van der Waals surface area contributed by atoms with Gasteiger partial charge in [0.25, 0.3) is 5.91 Å². The van der Waals surface area contributed by atoms with Gasteiger partial charge in [0.2, 0.25) is 0 Å². The molecule has 2 N–H and O–H groups in total. The lowest BCUT2D eigenvalue weighted by Gasteiger charge is -2.26. The molecule has 0 unspecified atom stereocenters. The second kappa shape index (κ2) is 6.51. The molecule has 1 amide bonds. The minimum absolute atomic E-state index is 0.0476. The molecular formula is C17H26N2O3S. The van der Waals surface area contributed by atoms with Gasteiger partial charge >= 0.3 is 0 Å². The highest BCUT2D eigenvalue weighted by Gasteiger charge is 2.33. The van der Waals surface area contributed by atoms with Gasteiger partial charge in [0.1, 0.15) is 0 Å². The number of hydrogen-bond acceptors (Lipinski definition) is 4. The third-order valence-corrected chi connectivity index (χ3v) is 5.88. The van der Waals surface area contributed by atoms with Crippen LogP contribution in [0.15, 0.2) is 18.2 Å². The van der Waals surface area contributed by atoms with Gasteiger partial charge < -0.3 is 10.6 Å². The van der Waals surface area contributed by atoms with E-state index in [1.807, 2.05) is 19.1 Å². The van der Waals surface area contributed by atoms with Crippen molar-refractivity contribution >= 4 is 21.4 Å². The number of amides is 1. The first-order valence-electron chi connectivity index (χ1n) is 7.89. The summed E-state index contributed by atoms with van der Waals surface area (Å²) >= 11 is 0. The second-order valence-corrected chi connectivity index (χ2v) is 9.70. The van der Waals surface area contributed by atoms with E-state index in [1.165, 1.54) is 0 Å². The summed E-state index contributed by atoms with van der Waals surface area (Å²) in [4.78, 5) is 12.3. The van der Waals surface area contributed by atoms with Gasteiger partial charge in [-0.15, -0.1) is 0 Å². The maximum absolute atomic E-state index is 12.3. The van der Waals surface area contributed by atoms with Crippen LogP contribution < -0.4 is 10.6 Å². The molecule has 6 heteroatoms. The van der Waals surface area contributed by atoms with Crippen molar-refractivity contribution in [3.8, 4) is 0 Å². The lowest BCUT2D eigenvalue weighted by molar-refractivity contribution is 0.0948. The van der Waals surface area contributed by atoms with Crippen molar-refractivity contribution in [3.63, 3.8) is 0 Å².